The van der Waals surface area contributed by atoms with Gasteiger partial charge in [-0.2, -0.15) is 0 Å². The number of methoxy groups -OCH3 is 1. The van der Waals surface area contributed by atoms with E-state index in [-0.39, 0.29) is 37.2 Å². The Labute approximate surface area is 200 Å². The lowest BCUT2D eigenvalue weighted by atomic mass is 9.94. The Bertz CT molecular complexity index is 1050. The van der Waals surface area contributed by atoms with E-state index in [9.17, 15) is 34.8 Å². The molecule has 2 aliphatic rings. The Morgan fingerprint density at radius 2 is 1.83 bits per heavy atom. The molecule has 2 aliphatic heterocycles. The molecule has 1 aromatic carbocycles. The number of benzene rings is 1. The van der Waals surface area contributed by atoms with Crippen LogP contribution < -0.4 is 4.74 Å². The zero-order valence-corrected chi connectivity index (χ0v) is 19.4. The molecule has 192 valence electrons. The average molecular weight is 496 g/mol. The number of aliphatic hydroxyl groups is 3. The maximum Gasteiger partial charge on any atom is 0.342 e. The molecule has 1 saturated heterocycles. The Balaban J connectivity index is 1.63. The summed E-state index contributed by atoms with van der Waals surface area (Å²) in [6.07, 6.45) is -7.23. The molecule has 5 atom stereocenters. The minimum Gasteiger partial charge on any atom is -0.507 e. The van der Waals surface area contributed by atoms with Crippen LogP contribution >= 0.6 is 0 Å². The van der Waals surface area contributed by atoms with E-state index in [1.54, 1.807) is 19.9 Å². The van der Waals surface area contributed by atoms with Gasteiger partial charge in [-0.15, -0.1) is 0 Å². The first-order valence-electron chi connectivity index (χ1n) is 10.8. The first-order chi connectivity index (χ1) is 16.5. The second kappa shape index (κ2) is 10.6. The molecule has 0 unspecified atom stereocenters. The van der Waals surface area contributed by atoms with Gasteiger partial charge in [-0.05, 0) is 32.3 Å². The van der Waals surface area contributed by atoms with E-state index in [0.29, 0.717) is 22.4 Å². The van der Waals surface area contributed by atoms with Crippen molar-refractivity contribution in [3.63, 3.8) is 0 Å². The molecule has 0 aromatic heterocycles. The molecule has 0 saturated carbocycles. The van der Waals surface area contributed by atoms with E-state index in [1.807, 2.05) is 0 Å². The van der Waals surface area contributed by atoms with Gasteiger partial charge in [0.15, 0.2) is 6.10 Å². The van der Waals surface area contributed by atoms with Gasteiger partial charge < -0.3 is 44.5 Å². The van der Waals surface area contributed by atoms with Crippen LogP contribution in [0.15, 0.2) is 11.6 Å². The number of aliphatic carboxylic acids is 1. The maximum atomic E-state index is 12.2. The molecular formula is C23H28O12. The average Bonchev–Trinajstić information content (AvgIpc) is 3.21. The third-order valence-electron chi connectivity index (χ3n) is 6.09. The third-order valence-corrected chi connectivity index (χ3v) is 6.09. The molecular weight excluding hydrogens is 468 g/mol. The highest BCUT2D eigenvalue weighted by atomic mass is 16.7. The molecule has 0 radical (unpaired) electrons. The molecule has 5 N–H and O–H groups in total. The van der Waals surface area contributed by atoms with Crippen LogP contribution in [0.3, 0.4) is 0 Å². The van der Waals surface area contributed by atoms with Crippen molar-refractivity contribution < 1.29 is 58.9 Å². The summed E-state index contributed by atoms with van der Waals surface area (Å²) in [6.45, 7) is 3.56. The van der Waals surface area contributed by atoms with E-state index >= 15 is 0 Å². The lowest BCUT2D eigenvalue weighted by Gasteiger charge is -2.37. The highest BCUT2D eigenvalue weighted by Crippen LogP contribution is 2.42. The van der Waals surface area contributed by atoms with Crippen molar-refractivity contribution in [2.45, 2.75) is 70.4 Å². The van der Waals surface area contributed by atoms with Crippen LogP contribution in [0.2, 0.25) is 0 Å². The number of ether oxygens (including phenoxy) is 4. The number of esters is 2. The van der Waals surface area contributed by atoms with Crippen LogP contribution in [0.5, 0.6) is 11.5 Å². The summed E-state index contributed by atoms with van der Waals surface area (Å²) in [7, 11) is 1.45. The van der Waals surface area contributed by atoms with Crippen LogP contribution in [-0.4, -0.2) is 81.3 Å². The first-order valence-corrected chi connectivity index (χ1v) is 10.8. The third kappa shape index (κ3) is 5.25. The van der Waals surface area contributed by atoms with Crippen molar-refractivity contribution in [1.82, 2.24) is 0 Å². The Morgan fingerprint density at radius 1 is 1.14 bits per heavy atom. The van der Waals surface area contributed by atoms with E-state index in [4.69, 9.17) is 24.1 Å². The molecule has 2 heterocycles. The minimum absolute atomic E-state index is 0.0593. The van der Waals surface area contributed by atoms with Crippen molar-refractivity contribution in [1.29, 1.82) is 0 Å². The molecule has 0 aliphatic carbocycles. The zero-order chi connectivity index (χ0) is 26.0. The van der Waals surface area contributed by atoms with Crippen molar-refractivity contribution in [3.05, 3.63) is 33.9 Å². The van der Waals surface area contributed by atoms with E-state index in [1.165, 1.54) is 7.11 Å². The van der Waals surface area contributed by atoms with Crippen molar-refractivity contribution in [2.24, 2.45) is 0 Å². The number of hydrogen-bond acceptors (Lipinski definition) is 11. The number of phenols is 1. The normalized spacial score (nSPS) is 26.2. The fourth-order valence-electron chi connectivity index (χ4n) is 4.04. The summed E-state index contributed by atoms with van der Waals surface area (Å²) in [4.78, 5) is 35.4. The van der Waals surface area contributed by atoms with E-state index in [0.717, 1.165) is 5.57 Å². The first kappa shape index (κ1) is 26.4. The molecule has 0 bridgehead atoms. The highest BCUT2D eigenvalue weighted by Gasteiger charge is 2.48. The van der Waals surface area contributed by atoms with Gasteiger partial charge in [0.1, 0.15) is 42.0 Å². The number of carboxylic acid groups (broad SMARTS) is 1. The molecule has 1 fully saturated rings. The van der Waals surface area contributed by atoms with Gasteiger partial charge in [-0.25, -0.2) is 9.59 Å². The SMILES string of the molecule is COc1c(C)c2c(c(O)c1C/C=C(\C)CCC(=O)O[C@H]1O[C@H](C(=O)O)[C@@H](O)[C@H](O)[C@H]1O)C(=O)OC2. The maximum absolute atomic E-state index is 12.2. The smallest absolute Gasteiger partial charge is 0.342 e. The molecule has 0 amide bonds. The van der Waals surface area contributed by atoms with Gasteiger partial charge in [0, 0.05) is 17.5 Å². The minimum atomic E-state index is -1.89. The van der Waals surface area contributed by atoms with Crippen molar-refractivity contribution in [2.75, 3.05) is 7.11 Å². The predicted molar refractivity (Wildman–Crippen MR) is 116 cm³/mol. The predicted octanol–water partition coefficient (Wildman–Crippen LogP) is 0.0840. The fourth-order valence-corrected chi connectivity index (χ4v) is 4.04. The number of aliphatic hydroxyl groups excluding tert-OH is 3. The summed E-state index contributed by atoms with van der Waals surface area (Å²) in [5.41, 5.74) is 2.51. The van der Waals surface area contributed by atoms with Gasteiger partial charge in [-0.3, -0.25) is 4.79 Å². The molecule has 1 aromatic rings. The number of allylic oxidation sites excluding steroid dienone is 2. The number of carbonyl (C=O) groups excluding carboxylic acids is 2. The van der Waals surface area contributed by atoms with Crippen LogP contribution in [0.25, 0.3) is 0 Å². The summed E-state index contributed by atoms with van der Waals surface area (Å²) in [5, 5.41) is 49.1. The number of cyclic esters (lactones) is 1. The van der Waals surface area contributed by atoms with Crippen LogP contribution in [0.4, 0.5) is 0 Å². The van der Waals surface area contributed by atoms with Crippen LogP contribution in [0, 0.1) is 6.92 Å². The Kier molecular flexibility index (Phi) is 8.00. The molecule has 12 heteroatoms. The second-order valence-corrected chi connectivity index (χ2v) is 8.39. The lowest BCUT2D eigenvalue weighted by molar-refractivity contribution is -0.286. The number of hydrogen-bond donors (Lipinski definition) is 5. The standard InChI is InChI=1S/C23H28O12/c1-9(4-6-11-15(25)14-12(8-33-22(14)31)10(2)19(11)32-3)5-7-13(24)34-23-18(28)16(26)17(27)20(35-23)21(29)30/h4,16-18,20,23,25-28H,5-8H2,1-3H3,(H,29,30)/b9-4+/t16-,17-,18+,20-,23-/m0/s1. The number of aromatic hydroxyl groups is 1. The summed E-state index contributed by atoms with van der Waals surface area (Å²) < 4.78 is 20.3. The number of phenolic OH excluding ortho intramolecular Hbond substituents is 1. The summed E-state index contributed by atoms with van der Waals surface area (Å²) in [5.74, 6) is -2.81. The molecule has 3 rings (SSSR count). The summed E-state index contributed by atoms with van der Waals surface area (Å²) in [6, 6.07) is 0. The number of fused-ring (bicyclic) bond motifs is 1. The van der Waals surface area contributed by atoms with Crippen LogP contribution in [-0.2, 0) is 36.8 Å². The quantitative estimate of drug-likeness (QED) is 0.241. The lowest BCUT2D eigenvalue weighted by Crippen LogP contribution is -2.60. The fraction of sp³-hybridized carbons (Fsp3) is 0.522. The zero-order valence-electron chi connectivity index (χ0n) is 19.4. The van der Waals surface area contributed by atoms with Gasteiger partial charge in [0.05, 0.1) is 7.11 Å². The molecule has 0 spiro atoms. The number of carbonyl (C=O) groups is 3. The van der Waals surface area contributed by atoms with Crippen molar-refractivity contribution >= 4 is 17.9 Å². The van der Waals surface area contributed by atoms with Gasteiger partial charge in [0.2, 0.25) is 6.29 Å². The van der Waals surface area contributed by atoms with Crippen molar-refractivity contribution in [3.8, 4) is 11.5 Å². The number of carboxylic acids is 1. The largest absolute Gasteiger partial charge is 0.507 e. The highest BCUT2D eigenvalue weighted by molar-refractivity contribution is 5.98. The van der Waals surface area contributed by atoms with Crippen LogP contribution in [0.1, 0.15) is 46.8 Å². The van der Waals surface area contributed by atoms with Gasteiger partial charge >= 0.3 is 17.9 Å². The number of rotatable bonds is 8. The van der Waals surface area contributed by atoms with E-state index in [2.05, 4.69) is 0 Å². The molecule has 12 nitrogen and oxygen atoms in total. The monoisotopic (exact) mass is 496 g/mol. The Hall–Kier alpha value is -3.19. The topological polar surface area (TPSA) is 189 Å². The Morgan fingerprint density at radius 3 is 2.46 bits per heavy atom. The second-order valence-electron chi connectivity index (χ2n) is 8.39. The van der Waals surface area contributed by atoms with Gasteiger partial charge in [0.25, 0.3) is 0 Å². The molecule has 35 heavy (non-hydrogen) atoms. The van der Waals surface area contributed by atoms with E-state index < -0.39 is 48.6 Å². The summed E-state index contributed by atoms with van der Waals surface area (Å²) >= 11 is 0. The van der Waals surface area contributed by atoms with Gasteiger partial charge in [-0.1, -0.05) is 11.6 Å².